The fourth-order valence-electron chi connectivity index (χ4n) is 3.89. The van der Waals surface area contributed by atoms with E-state index in [2.05, 4.69) is 20.6 Å². The summed E-state index contributed by atoms with van der Waals surface area (Å²) in [6.07, 6.45) is 1.96. The number of rotatable bonds is 7. The number of amides is 1. The van der Waals surface area contributed by atoms with Gasteiger partial charge in [-0.15, -0.1) is 5.10 Å². The van der Waals surface area contributed by atoms with E-state index in [1.165, 1.54) is 0 Å². The van der Waals surface area contributed by atoms with Crippen LogP contribution in [0.1, 0.15) is 15.9 Å². The highest BCUT2D eigenvalue weighted by atomic mass is 35.5. The van der Waals surface area contributed by atoms with Crippen LogP contribution >= 0.6 is 11.6 Å². The zero-order valence-corrected chi connectivity index (χ0v) is 19.6. The minimum absolute atomic E-state index is 0.167. The predicted molar refractivity (Wildman–Crippen MR) is 135 cm³/mol. The minimum atomic E-state index is -1.03. The van der Waals surface area contributed by atoms with Crippen LogP contribution < -0.4 is 10.9 Å². The lowest BCUT2D eigenvalue weighted by molar-refractivity contribution is -0.150. The monoisotopic (exact) mass is 501 g/mol. The molecule has 0 aliphatic heterocycles. The molecule has 5 aromatic rings. The Bertz CT molecular complexity index is 1630. The molecule has 10 heteroatoms. The minimum Gasteiger partial charge on any atom is -0.441 e. The molecule has 2 N–H and O–H groups in total. The molecule has 0 radical (unpaired) electrons. The van der Waals surface area contributed by atoms with Crippen LogP contribution in [-0.2, 0) is 22.7 Å². The van der Waals surface area contributed by atoms with Crippen molar-refractivity contribution in [3.63, 3.8) is 0 Å². The molecule has 1 amide bonds. The Kier molecular flexibility index (Phi) is 6.46. The number of ether oxygens (including phenoxy) is 1. The first-order valence-corrected chi connectivity index (χ1v) is 11.5. The van der Waals surface area contributed by atoms with Gasteiger partial charge in [-0.2, -0.15) is 4.68 Å². The molecular weight excluding hydrogens is 482 g/mol. The van der Waals surface area contributed by atoms with E-state index in [9.17, 15) is 14.4 Å². The van der Waals surface area contributed by atoms with Gasteiger partial charge in [0.2, 0.25) is 0 Å². The molecule has 36 heavy (non-hydrogen) atoms. The fourth-order valence-corrected chi connectivity index (χ4v) is 4.02. The van der Waals surface area contributed by atoms with Gasteiger partial charge in [0.25, 0.3) is 11.5 Å². The number of fused-ring (bicyclic) bond motifs is 2. The molecule has 5 rings (SSSR count). The number of para-hydroxylation sites is 1. The highest BCUT2D eigenvalue weighted by Gasteiger charge is 2.25. The van der Waals surface area contributed by atoms with Crippen molar-refractivity contribution in [3.05, 3.63) is 105 Å². The van der Waals surface area contributed by atoms with E-state index < -0.39 is 30.2 Å². The average molecular weight is 502 g/mol. The molecule has 2 aromatic heterocycles. The Labute approximate surface area is 209 Å². The smallest absolute Gasteiger partial charge is 0.330 e. The Hall–Kier alpha value is -4.50. The van der Waals surface area contributed by atoms with Crippen LogP contribution in [0.5, 0.6) is 0 Å². The second kappa shape index (κ2) is 10.0. The second-order valence-corrected chi connectivity index (χ2v) is 8.54. The van der Waals surface area contributed by atoms with E-state index in [0.29, 0.717) is 21.5 Å². The lowest BCUT2D eigenvalue weighted by Crippen LogP contribution is -2.44. The van der Waals surface area contributed by atoms with Crippen molar-refractivity contribution in [2.24, 2.45) is 0 Å². The second-order valence-electron chi connectivity index (χ2n) is 8.10. The van der Waals surface area contributed by atoms with Crippen molar-refractivity contribution in [2.45, 2.75) is 19.2 Å². The Morgan fingerprint density at radius 1 is 1.00 bits per heavy atom. The third-order valence-corrected chi connectivity index (χ3v) is 6.01. The maximum Gasteiger partial charge on any atom is 0.330 e. The van der Waals surface area contributed by atoms with Crippen LogP contribution in [0, 0.1) is 0 Å². The summed E-state index contributed by atoms with van der Waals surface area (Å²) in [5.74, 6) is -1.18. The highest BCUT2D eigenvalue weighted by molar-refractivity contribution is 6.30. The number of nitrogens with zero attached hydrogens (tertiary/aromatic N) is 3. The van der Waals surface area contributed by atoms with Crippen molar-refractivity contribution in [3.8, 4) is 0 Å². The van der Waals surface area contributed by atoms with Crippen molar-refractivity contribution in [1.29, 1.82) is 0 Å². The number of carbonyl (C=O) groups excluding carboxylic acids is 2. The van der Waals surface area contributed by atoms with Gasteiger partial charge in [-0.05, 0) is 48.0 Å². The zero-order valence-electron chi connectivity index (χ0n) is 18.8. The number of aromatic amines is 1. The summed E-state index contributed by atoms with van der Waals surface area (Å²) in [4.78, 5) is 41.9. The lowest BCUT2D eigenvalue weighted by Gasteiger charge is -2.18. The van der Waals surface area contributed by atoms with Crippen LogP contribution in [0.2, 0.25) is 5.02 Å². The number of nitrogens with one attached hydrogen (secondary N) is 2. The molecule has 3 aromatic carbocycles. The first kappa shape index (κ1) is 23.3. The van der Waals surface area contributed by atoms with E-state index in [1.807, 2.05) is 24.3 Å². The van der Waals surface area contributed by atoms with Crippen LogP contribution in [0.15, 0.2) is 83.8 Å². The molecule has 9 nitrogen and oxygen atoms in total. The highest BCUT2D eigenvalue weighted by Crippen LogP contribution is 2.20. The molecule has 0 aliphatic rings. The predicted octanol–water partition coefficient (Wildman–Crippen LogP) is 3.47. The summed E-state index contributed by atoms with van der Waals surface area (Å²) in [5.41, 5.74) is 2.07. The van der Waals surface area contributed by atoms with Gasteiger partial charge in [-0.3, -0.25) is 9.59 Å². The molecule has 1 atom stereocenters. The van der Waals surface area contributed by atoms with E-state index in [1.54, 1.807) is 54.7 Å². The lowest BCUT2D eigenvalue weighted by atomic mass is 10.0. The van der Waals surface area contributed by atoms with Gasteiger partial charge in [-0.1, -0.05) is 47.1 Å². The molecule has 2 heterocycles. The molecule has 0 fully saturated rings. The topological polar surface area (TPSA) is 119 Å². The summed E-state index contributed by atoms with van der Waals surface area (Å²) in [5, 5.41) is 12.3. The van der Waals surface area contributed by atoms with Crippen LogP contribution in [0.4, 0.5) is 0 Å². The maximum absolute atomic E-state index is 13.1. The molecule has 0 saturated carbocycles. The van der Waals surface area contributed by atoms with Gasteiger partial charge in [0.05, 0.1) is 5.39 Å². The van der Waals surface area contributed by atoms with Gasteiger partial charge in [-0.25, -0.2) is 4.79 Å². The van der Waals surface area contributed by atoms with Gasteiger partial charge < -0.3 is 15.0 Å². The first-order chi connectivity index (χ1) is 17.5. The van der Waals surface area contributed by atoms with E-state index in [-0.39, 0.29) is 6.42 Å². The first-order valence-electron chi connectivity index (χ1n) is 11.1. The number of hydrogen-bond donors (Lipinski definition) is 2. The summed E-state index contributed by atoms with van der Waals surface area (Å²) >= 11 is 5.92. The molecule has 0 spiro atoms. The molecular formula is C26H20ClN5O4. The number of benzene rings is 3. The van der Waals surface area contributed by atoms with Gasteiger partial charge in [0, 0.05) is 34.1 Å². The summed E-state index contributed by atoms with van der Waals surface area (Å²) < 4.78 is 6.37. The fraction of sp³-hybridized carbons (Fsp3) is 0.115. The third-order valence-electron chi connectivity index (χ3n) is 5.75. The van der Waals surface area contributed by atoms with E-state index in [0.717, 1.165) is 21.1 Å². The molecule has 0 bridgehead atoms. The Morgan fingerprint density at radius 3 is 2.53 bits per heavy atom. The Morgan fingerprint density at radius 2 is 1.72 bits per heavy atom. The van der Waals surface area contributed by atoms with E-state index in [4.69, 9.17) is 16.3 Å². The SMILES string of the molecule is O=C(NC(Cc1c[nH]c2ccccc12)C(=O)OCn1nnc2ccccc2c1=O)c1ccc(Cl)cc1. The van der Waals surface area contributed by atoms with Gasteiger partial charge >= 0.3 is 5.97 Å². The van der Waals surface area contributed by atoms with Gasteiger partial charge in [0.15, 0.2) is 6.73 Å². The standard InChI is InChI=1S/C26H20ClN5O4/c27-18-11-9-16(10-12-18)24(33)29-23(13-17-14-28-21-7-3-1-5-19(17)21)26(35)36-15-32-25(34)20-6-2-4-8-22(20)30-31-32/h1-12,14,23,28H,13,15H2,(H,29,33). The number of H-pyrrole nitrogens is 1. The van der Waals surface area contributed by atoms with E-state index >= 15 is 0 Å². The number of hydrogen-bond acceptors (Lipinski definition) is 6. The average Bonchev–Trinajstić information content (AvgIpc) is 3.31. The van der Waals surface area contributed by atoms with Crippen molar-refractivity contribution in [2.75, 3.05) is 0 Å². The summed E-state index contributed by atoms with van der Waals surface area (Å²) in [6.45, 7) is -0.448. The summed E-state index contributed by atoms with van der Waals surface area (Å²) in [7, 11) is 0. The molecule has 0 aliphatic carbocycles. The van der Waals surface area contributed by atoms with Crippen molar-refractivity contribution in [1.82, 2.24) is 25.3 Å². The molecule has 1 unspecified atom stereocenters. The number of halogens is 1. The van der Waals surface area contributed by atoms with Gasteiger partial charge in [0.1, 0.15) is 11.6 Å². The number of esters is 1. The Balaban J connectivity index is 1.38. The number of aromatic nitrogens is 4. The largest absolute Gasteiger partial charge is 0.441 e. The van der Waals surface area contributed by atoms with Crippen LogP contribution in [0.25, 0.3) is 21.8 Å². The maximum atomic E-state index is 13.1. The van der Waals surface area contributed by atoms with Crippen molar-refractivity contribution < 1.29 is 14.3 Å². The molecule has 180 valence electrons. The van der Waals surface area contributed by atoms with Crippen LogP contribution in [0.3, 0.4) is 0 Å². The van der Waals surface area contributed by atoms with Crippen LogP contribution in [-0.4, -0.2) is 37.9 Å². The van der Waals surface area contributed by atoms with Crippen molar-refractivity contribution >= 4 is 45.3 Å². The number of carbonyl (C=O) groups is 2. The normalized spacial score (nSPS) is 11.9. The quantitative estimate of drug-likeness (QED) is 0.330. The third kappa shape index (κ3) is 4.82. The molecule has 0 saturated heterocycles. The summed E-state index contributed by atoms with van der Waals surface area (Å²) in [6, 6.07) is 19.7. The zero-order chi connectivity index (χ0) is 25.1.